The van der Waals surface area contributed by atoms with Crippen LogP contribution >= 0.6 is 23.2 Å². The molecule has 13 heteroatoms. The van der Waals surface area contributed by atoms with Gasteiger partial charge in [0.2, 0.25) is 11.8 Å². The summed E-state index contributed by atoms with van der Waals surface area (Å²) in [6.07, 6.45) is -3.25. The zero-order valence-corrected chi connectivity index (χ0v) is 25.2. The highest BCUT2D eigenvalue weighted by atomic mass is 35.5. The summed E-state index contributed by atoms with van der Waals surface area (Å²) in [6.45, 7) is 2.59. The Morgan fingerprint density at radius 1 is 0.952 bits per heavy atom. The molecule has 0 saturated heterocycles. The number of hydrogen-bond acceptors (Lipinski definition) is 4. The summed E-state index contributed by atoms with van der Waals surface area (Å²) in [6, 6.07) is 14.3. The second-order valence-electron chi connectivity index (χ2n) is 9.42. The molecule has 0 radical (unpaired) electrons. The van der Waals surface area contributed by atoms with Gasteiger partial charge in [-0.1, -0.05) is 66.9 Å². The maximum Gasteiger partial charge on any atom is 0.416 e. The highest BCUT2D eigenvalue weighted by Gasteiger charge is 2.35. The molecule has 1 N–H and O–H groups in total. The maximum absolute atomic E-state index is 13.9. The van der Waals surface area contributed by atoms with Gasteiger partial charge in [-0.2, -0.15) is 13.2 Å². The van der Waals surface area contributed by atoms with Crippen molar-refractivity contribution in [3.05, 3.63) is 94.0 Å². The SMILES string of the molecule is CCCCNC(=O)[C@H](C)N(Cc1c(Cl)cccc1Cl)C(=O)CN(c1cccc(C(F)(F)F)c1)S(=O)(=O)c1ccccc1. The van der Waals surface area contributed by atoms with Crippen LogP contribution in [0.25, 0.3) is 0 Å². The molecule has 0 aliphatic carbocycles. The number of sulfonamides is 1. The van der Waals surface area contributed by atoms with Gasteiger partial charge in [0.05, 0.1) is 16.1 Å². The van der Waals surface area contributed by atoms with Crippen molar-refractivity contribution in [1.82, 2.24) is 10.2 Å². The van der Waals surface area contributed by atoms with Crippen LogP contribution in [-0.4, -0.2) is 44.3 Å². The van der Waals surface area contributed by atoms with Crippen molar-refractivity contribution in [3.63, 3.8) is 0 Å². The van der Waals surface area contributed by atoms with E-state index in [1.807, 2.05) is 6.92 Å². The largest absolute Gasteiger partial charge is 0.416 e. The van der Waals surface area contributed by atoms with Crippen molar-refractivity contribution in [2.75, 3.05) is 17.4 Å². The van der Waals surface area contributed by atoms with Crippen molar-refractivity contribution in [2.24, 2.45) is 0 Å². The fourth-order valence-corrected chi connectivity index (χ4v) is 6.00. The number of carbonyl (C=O) groups excluding carboxylic acids is 2. The minimum absolute atomic E-state index is 0.213. The molecule has 7 nitrogen and oxygen atoms in total. The van der Waals surface area contributed by atoms with E-state index in [2.05, 4.69) is 5.32 Å². The molecule has 0 aliphatic heterocycles. The van der Waals surface area contributed by atoms with Crippen molar-refractivity contribution < 1.29 is 31.2 Å². The van der Waals surface area contributed by atoms with Gasteiger partial charge in [0, 0.05) is 28.7 Å². The summed E-state index contributed by atoms with van der Waals surface area (Å²) >= 11 is 12.7. The quantitative estimate of drug-likeness (QED) is 0.227. The van der Waals surface area contributed by atoms with Crippen LogP contribution < -0.4 is 9.62 Å². The van der Waals surface area contributed by atoms with Crippen LogP contribution in [0.4, 0.5) is 18.9 Å². The lowest BCUT2D eigenvalue weighted by Gasteiger charge is -2.32. The zero-order chi connectivity index (χ0) is 31.1. The number of nitrogens with zero attached hydrogens (tertiary/aromatic N) is 2. The lowest BCUT2D eigenvalue weighted by molar-refractivity contribution is -0.139. The molecule has 0 saturated carbocycles. The Bertz CT molecular complexity index is 1490. The Balaban J connectivity index is 2.09. The van der Waals surface area contributed by atoms with Crippen molar-refractivity contribution in [2.45, 2.75) is 50.3 Å². The molecule has 3 aromatic rings. The Labute approximate surface area is 253 Å². The van der Waals surface area contributed by atoms with Crippen LogP contribution in [0.15, 0.2) is 77.7 Å². The number of hydrogen-bond donors (Lipinski definition) is 1. The van der Waals surface area contributed by atoms with Gasteiger partial charge in [-0.3, -0.25) is 13.9 Å². The molecule has 42 heavy (non-hydrogen) atoms. The number of unbranched alkanes of at least 4 members (excludes halogenated alkanes) is 1. The second-order valence-corrected chi connectivity index (χ2v) is 12.1. The molecule has 226 valence electrons. The predicted molar refractivity (Wildman–Crippen MR) is 157 cm³/mol. The van der Waals surface area contributed by atoms with E-state index in [9.17, 15) is 31.2 Å². The van der Waals surface area contributed by atoms with E-state index in [0.717, 1.165) is 23.5 Å². The first-order valence-corrected chi connectivity index (χ1v) is 15.2. The van der Waals surface area contributed by atoms with Gasteiger partial charge in [0.15, 0.2) is 0 Å². The van der Waals surface area contributed by atoms with Gasteiger partial charge in [0.1, 0.15) is 12.6 Å². The van der Waals surface area contributed by atoms with Crippen LogP contribution in [0.1, 0.15) is 37.8 Å². The monoisotopic (exact) mass is 643 g/mol. The van der Waals surface area contributed by atoms with E-state index >= 15 is 0 Å². The summed E-state index contributed by atoms with van der Waals surface area (Å²) in [4.78, 5) is 27.8. The van der Waals surface area contributed by atoms with E-state index < -0.39 is 46.2 Å². The summed E-state index contributed by atoms with van der Waals surface area (Å²) in [5, 5.41) is 3.17. The minimum atomic E-state index is -4.76. The van der Waals surface area contributed by atoms with Crippen LogP contribution in [-0.2, 0) is 32.3 Å². The number of carbonyl (C=O) groups is 2. The zero-order valence-electron chi connectivity index (χ0n) is 22.9. The number of nitrogens with one attached hydrogen (secondary N) is 1. The third-order valence-electron chi connectivity index (χ3n) is 6.46. The summed E-state index contributed by atoms with van der Waals surface area (Å²) in [5.41, 5.74) is -1.15. The third kappa shape index (κ3) is 8.17. The van der Waals surface area contributed by atoms with Crippen LogP contribution in [0, 0.1) is 0 Å². The average molecular weight is 645 g/mol. The molecule has 0 unspecified atom stereocenters. The summed E-state index contributed by atoms with van der Waals surface area (Å²) in [5.74, 6) is -1.36. The maximum atomic E-state index is 13.9. The molecule has 0 fully saturated rings. The number of benzene rings is 3. The topological polar surface area (TPSA) is 86.8 Å². The van der Waals surface area contributed by atoms with Crippen molar-refractivity contribution >= 4 is 50.7 Å². The Hall–Kier alpha value is -3.28. The normalized spacial score (nSPS) is 12.5. The highest BCUT2D eigenvalue weighted by molar-refractivity contribution is 7.92. The van der Waals surface area contributed by atoms with Gasteiger partial charge in [-0.05, 0) is 55.8 Å². The fourth-order valence-electron chi connectivity index (χ4n) is 4.06. The Kier molecular flexibility index (Phi) is 11.3. The standard InChI is InChI=1S/C29H30Cl2F3N3O4S/c1-3-4-16-35-28(39)20(2)36(18-24-25(30)14-9-15-26(24)31)27(38)19-37(42(40,41)23-12-6-5-7-13-23)22-11-8-10-21(17-22)29(32,33)34/h5-15,17,20H,3-4,16,18-19H2,1-2H3,(H,35,39)/t20-/m0/s1. The molecule has 3 rings (SSSR count). The predicted octanol–water partition coefficient (Wildman–Crippen LogP) is 6.54. The van der Waals surface area contributed by atoms with Crippen LogP contribution in [0.3, 0.4) is 0 Å². The molecular formula is C29H30Cl2F3N3O4S. The van der Waals surface area contributed by atoms with Gasteiger partial charge in [-0.15, -0.1) is 0 Å². The fraction of sp³-hybridized carbons (Fsp3) is 0.310. The van der Waals surface area contributed by atoms with Gasteiger partial charge in [0.25, 0.3) is 10.0 Å². The molecule has 0 aliphatic rings. The summed E-state index contributed by atoms with van der Waals surface area (Å²) < 4.78 is 68.8. The highest BCUT2D eigenvalue weighted by Crippen LogP contribution is 2.34. The van der Waals surface area contributed by atoms with Gasteiger partial charge < -0.3 is 10.2 Å². The second kappa shape index (κ2) is 14.3. The van der Waals surface area contributed by atoms with E-state index in [1.54, 1.807) is 24.3 Å². The van der Waals surface area contributed by atoms with E-state index in [4.69, 9.17) is 23.2 Å². The average Bonchev–Trinajstić information content (AvgIpc) is 2.95. The molecule has 2 amide bonds. The number of halogens is 5. The van der Waals surface area contributed by atoms with E-state index in [-0.39, 0.29) is 27.2 Å². The Morgan fingerprint density at radius 3 is 2.17 bits per heavy atom. The molecule has 1 atom stereocenters. The molecular weight excluding hydrogens is 614 g/mol. The number of rotatable bonds is 12. The number of alkyl halides is 3. The molecule has 0 heterocycles. The smallest absolute Gasteiger partial charge is 0.354 e. The van der Waals surface area contributed by atoms with Crippen molar-refractivity contribution in [3.8, 4) is 0 Å². The Morgan fingerprint density at radius 2 is 1.57 bits per heavy atom. The first kappa shape index (κ1) is 33.2. The number of amides is 2. The first-order valence-electron chi connectivity index (χ1n) is 13.0. The van der Waals surface area contributed by atoms with E-state index in [0.29, 0.717) is 28.9 Å². The van der Waals surface area contributed by atoms with Crippen LogP contribution in [0.2, 0.25) is 10.0 Å². The van der Waals surface area contributed by atoms with Crippen LogP contribution in [0.5, 0.6) is 0 Å². The molecule has 0 bridgehead atoms. The summed E-state index contributed by atoms with van der Waals surface area (Å²) in [7, 11) is -4.53. The van der Waals surface area contributed by atoms with E-state index in [1.165, 1.54) is 37.3 Å². The third-order valence-corrected chi connectivity index (χ3v) is 8.95. The molecule has 0 aromatic heterocycles. The minimum Gasteiger partial charge on any atom is -0.354 e. The lowest BCUT2D eigenvalue weighted by atomic mass is 10.1. The first-order chi connectivity index (χ1) is 19.8. The van der Waals surface area contributed by atoms with Crippen molar-refractivity contribution in [1.29, 1.82) is 0 Å². The number of anilines is 1. The molecule has 0 spiro atoms. The van der Waals surface area contributed by atoms with Gasteiger partial charge >= 0.3 is 6.18 Å². The lowest BCUT2D eigenvalue weighted by Crippen LogP contribution is -2.51. The van der Waals surface area contributed by atoms with Gasteiger partial charge in [-0.25, -0.2) is 8.42 Å². The molecule has 3 aromatic carbocycles.